The Morgan fingerprint density at radius 3 is 1.49 bits per heavy atom. The second kappa shape index (κ2) is 14.6. The molecule has 0 saturated heterocycles. The largest absolute Gasteiger partial charge is 0.0726 e. The Morgan fingerprint density at radius 1 is 0.311 bits per heavy atom. The van der Waals surface area contributed by atoms with Crippen molar-refractivity contribution in [1.82, 2.24) is 0 Å². The summed E-state index contributed by atoms with van der Waals surface area (Å²) in [6.07, 6.45) is 2.64. The smallest absolute Gasteiger partial charge is 0.0683 e. The van der Waals surface area contributed by atoms with Gasteiger partial charge in [-0.2, -0.15) is 0 Å². The van der Waals surface area contributed by atoms with Gasteiger partial charge >= 0.3 is 0 Å². The number of hydrogen-bond donors (Lipinski definition) is 0. The van der Waals surface area contributed by atoms with Gasteiger partial charge in [0, 0.05) is 0 Å². The van der Waals surface area contributed by atoms with Gasteiger partial charge in [-0.1, -0.05) is 223 Å². The van der Waals surface area contributed by atoms with E-state index in [2.05, 4.69) is 208 Å². The average Bonchev–Trinajstić information content (AvgIpc) is 3.80. The van der Waals surface area contributed by atoms with Crippen LogP contribution in [0.25, 0.3) is 98.4 Å². The first kappa shape index (κ1) is 37.0. The summed E-state index contributed by atoms with van der Waals surface area (Å²) < 4.78 is 0. The lowest BCUT2D eigenvalue weighted by Crippen LogP contribution is -2.26. The third kappa shape index (κ3) is 5.25. The topological polar surface area (TPSA) is 0 Å². The van der Waals surface area contributed by atoms with Crippen molar-refractivity contribution in [3.8, 4) is 44.5 Å². The van der Waals surface area contributed by atoms with E-state index >= 15 is 0 Å². The van der Waals surface area contributed by atoms with Crippen LogP contribution in [-0.4, -0.2) is 0 Å². The maximum atomic E-state index is 2.55. The molecule has 11 aromatic carbocycles. The summed E-state index contributed by atoms with van der Waals surface area (Å²) in [5.41, 5.74) is 15.5. The van der Waals surface area contributed by atoms with Gasteiger partial charge in [0.05, 0.1) is 5.41 Å². The van der Waals surface area contributed by atoms with Crippen molar-refractivity contribution >= 4 is 53.9 Å². The normalized spacial score (nSPS) is 12.9. The predicted octanol–water partition coefficient (Wildman–Crippen LogP) is 17.4. The maximum Gasteiger partial charge on any atom is 0.0726 e. The molecule has 2 aliphatic rings. The van der Waals surface area contributed by atoms with Crippen molar-refractivity contribution in [1.29, 1.82) is 0 Å². The van der Waals surface area contributed by atoms with Crippen LogP contribution in [0.15, 0.2) is 194 Å². The molecule has 11 aromatic rings. The maximum absolute atomic E-state index is 2.55. The summed E-state index contributed by atoms with van der Waals surface area (Å²) >= 11 is 0. The van der Waals surface area contributed by atoms with E-state index in [1.165, 1.54) is 133 Å². The van der Waals surface area contributed by atoms with Crippen LogP contribution in [0.2, 0.25) is 0 Å². The van der Waals surface area contributed by atoms with E-state index < -0.39 is 5.41 Å². The molecule has 0 amide bonds. The quantitative estimate of drug-likeness (QED) is 0.157. The number of benzene rings is 11. The third-order valence-corrected chi connectivity index (χ3v) is 13.5. The van der Waals surface area contributed by atoms with E-state index in [4.69, 9.17) is 0 Å². The summed E-state index contributed by atoms with van der Waals surface area (Å²) in [7, 11) is 0. The molecule has 0 bridgehead atoms. The van der Waals surface area contributed by atoms with Crippen molar-refractivity contribution in [3.05, 3.63) is 216 Å². The molecule has 0 aliphatic heterocycles. The highest BCUT2D eigenvalue weighted by molar-refractivity contribution is 6.29. The fourth-order valence-electron chi connectivity index (χ4n) is 10.8. The first-order chi connectivity index (χ1) is 30.2. The summed E-state index contributed by atoms with van der Waals surface area (Å²) in [5, 5.41) is 13.0. The lowest BCUT2D eigenvalue weighted by atomic mass is 9.69. The number of hydrogen-bond acceptors (Lipinski definition) is 0. The van der Waals surface area contributed by atoms with Gasteiger partial charge in [-0.25, -0.2) is 0 Å². The lowest BCUT2D eigenvalue weighted by molar-refractivity contribution is 0.795. The van der Waals surface area contributed by atoms with Crippen LogP contribution in [0, 0.1) is 0 Å². The van der Waals surface area contributed by atoms with Crippen LogP contribution in [0.1, 0.15) is 62.8 Å². The average molecular weight is 781 g/mol. The minimum Gasteiger partial charge on any atom is -0.0683 e. The van der Waals surface area contributed by atoms with Crippen LogP contribution >= 0.6 is 0 Å². The SMILES string of the molecule is CC.CCCC.c1ccc2c(c1)-c1ccccc1C21c2cc(-c3cccc4ccccc34)ccc2-c2c1cc1ccc3c(-c4cccc5ccccc45)ccc4ccc2c1c43. The Bertz CT molecular complexity index is 3410. The molecule has 0 aromatic heterocycles. The van der Waals surface area contributed by atoms with Crippen molar-refractivity contribution in [2.75, 3.05) is 0 Å². The fourth-order valence-corrected chi connectivity index (χ4v) is 10.8. The highest BCUT2D eigenvalue weighted by Crippen LogP contribution is 2.65. The van der Waals surface area contributed by atoms with Crippen LogP contribution in [-0.2, 0) is 5.41 Å². The van der Waals surface area contributed by atoms with Crippen LogP contribution in [0.5, 0.6) is 0 Å². The lowest BCUT2D eigenvalue weighted by Gasteiger charge is -2.31. The van der Waals surface area contributed by atoms with Crippen LogP contribution < -0.4 is 0 Å². The Hall–Kier alpha value is -7.02. The highest BCUT2D eigenvalue weighted by atomic mass is 14.5. The summed E-state index contributed by atoms with van der Waals surface area (Å²) in [6, 6.07) is 73.4. The molecule has 0 heteroatoms. The standard InChI is InChI=1S/C55H32.C4H10.C2H6/c1-3-15-38-33(11-1)13-9-19-40(38)36-25-29-46-50(31-36)55(48-21-7-5-17-43(48)44-18-6-8-22-49(44)55)51-32-37-26-28-45-42(41-20-10-14-34-12-2-4-16-39(34)41)27-23-35-24-30-47(54(46)51)53(37)52(35)45;1-3-4-2;1-2/h1-32H;3-4H2,1-2H3;1-2H3. The van der Waals surface area contributed by atoms with Gasteiger partial charge in [-0.15, -0.1) is 0 Å². The monoisotopic (exact) mass is 780 g/mol. The molecule has 61 heavy (non-hydrogen) atoms. The van der Waals surface area contributed by atoms with E-state index in [1.54, 1.807) is 0 Å². The minimum atomic E-state index is -0.447. The molecule has 0 nitrogen and oxygen atoms in total. The van der Waals surface area contributed by atoms with Crippen molar-refractivity contribution in [3.63, 3.8) is 0 Å². The second-order valence-electron chi connectivity index (χ2n) is 16.5. The molecular weight excluding hydrogens is 733 g/mol. The van der Waals surface area contributed by atoms with E-state index in [1.807, 2.05) is 13.8 Å². The number of fused-ring (bicyclic) bond motifs is 13. The van der Waals surface area contributed by atoms with Gasteiger partial charge < -0.3 is 0 Å². The molecule has 292 valence electrons. The fraction of sp³-hybridized carbons (Fsp3) is 0.115. The molecule has 0 radical (unpaired) electrons. The Morgan fingerprint density at radius 2 is 0.803 bits per heavy atom. The molecule has 0 unspecified atom stereocenters. The minimum absolute atomic E-state index is 0.447. The molecule has 0 atom stereocenters. The summed E-state index contributed by atoms with van der Waals surface area (Å²) in [4.78, 5) is 0. The van der Waals surface area contributed by atoms with Crippen LogP contribution in [0.3, 0.4) is 0 Å². The number of unbranched alkanes of at least 4 members (excludes halogenated alkanes) is 1. The highest BCUT2D eigenvalue weighted by Gasteiger charge is 2.52. The molecule has 2 aliphatic carbocycles. The van der Waals surface area contributed by atoms with E-state index in [0.717, 1.165) is 0 Å². The molecule has 0 heterocycles. The Labute approximate surface area is 359 Å². The summed E-state index contributed by atoms with van der Waals surface area (Å²) in [5.74, 6) is 0. The van der Waals surface area contributed by atoms with Gasteiger partial charge in [0.1, 0.15) is 0 Å². The molecule has 0 saturated carbocycles. The van der Waals surface area contributed by atoms with E-state index in [-0.39, 0.29) is 0 Å². The molecular formula is C61H48. The van der Waals surface area contributed by atoms with Gasteiger partial charge in [0.25, 0.3) is 0 Å². The molecule has 1 spiro atoms. The zero-order chi connectivity index (χ0) is 41.2. The Kier molecular flexibility index (Phi) is 8.87. The van der Waals surface area contributed by atoms with Crippen molar-refractivity contribution in [2.45, 2.75) is 46.0 Å². The van der Waals surface area contributed by atoms with Gasteiger partial charge in [-0.3, -0.25) is 0 Å². The first-order valence-electron chi connectivity index (χ1n) is 22.3. The zero-order valence-corrected chi connectivity index (χ0v) is 35.4. The second-order valence-corrected chi connectivity index (χ2v) is 16.5. The van der Waals surface area contributed by atoms with E-state index in [0.29, 0.717) is 0 Å². The van der Waals surface area contributed by atoms with Crippen molar-refractivity contribution in [2.24, 2.45) is 0 Å². The predicted molar refractivity (Wildman–Crippen MR) is 264 cm³/mol. The number of rotatable bonds is 3. The Balaban J connectivity index is 0.000000665. The van der Waals surface area contributed by atoms with Gasteiger partial charge in [0.15, 0.2) is 0 Å². The summed E-state index contributed by atoms with van der Waals surface area (Å²) in [6.45, 7) is 8.36. The van der Waals surface area contributed by atoms with Crippen LogP contribution in [0.4, 0.5) is 0 Å². The zero-order valence-electron chi connectivity index (χ0n) is 35.4. The third-order valence-electron chi connectivity index (χ3n) is 13.5. The molecule has 0 fully saturated rings. The van der Waals surface area contributed by atoms with Gasteiger partial charge in [-0.05, 0) is 133 Å². The van der Waals surface area contributed by atoms with E-state index in [9.17, 15) is 0 Å². The first-order valence-corrected chi connectivity index (χ1v) is 22.3. The van der Waals surface area contributed by atoms with Crippen molar-refractivity contribution < 1.29 is 0 Å². The molecule has 0 N–H and O–H groups in total. The molecule has 13 rings (SSSR count). The van der Waals surface area contributed by atoms with Gasteiger partial charge in [0.2, 0.25) is 0 Å².